The molecule has 30 heavy (non-hydrogen) atoms. The summed E-state index contributed by atoms with van der Waals surface area (Å²) in [5.74, 6) is 2.74. The first-order valence-electron chi connectivity index (χ1n) is 9.76. The van der Waals surface area contributed by atoms with Crippen LogP contribution >= 0.6 is 12.4 Å². The minimum absolute atomic E-state index is 0. The zero-order valence-corrected chi connectivity index (χ0v) is 17.1. The third-order valence-corrected chi connectivity index (χ3v) is 5.02. The Balaban J connectivity index is 0.00000218. The Labute approximate surface area is 180 Å². The van der Waals surface area contributed by atoms with Crippen LogP contribution in [0.25, 0.3) is 11.0 Å². The molecule has 1 aliphatic rings. The topological polar surface area (TPSA) is 74.1 Å². The Morgan fingerprint density at radius 3 is 2.23 bits per heavy atom. The van der Waals surface area contributed by atoms with E-state index in [0.29, 0.717) is 17.7 Å². The van der Waals surface area contributed by atoms with Crippen molar-refractivity contribution in [2.24, 2.45) is 0 Å². The van der Waals surface area contributed by atoms with Crippen LogP contribution in [0.5, 0.6) is 23.1 Å². The normalized spacial score (nSPS) is 14.3. The van der Waals surface area contributed by atoms with Gasteiger partial charge < -0.3 is 14.8 Å². The van der Waals surface area contributed by atoms with Gasteiger partial charge in [-0.25, -0.2) is 4.98 Å². The summed E-state index contributed by atoms with van der Waals surface area (Å²) in [6.45, 7) is 1.97. The van der Waals surface area contributed by atoms with Crippen LogP contribution in [0.3, 0.4) is 0 Å². The molecule has 0 bridgehead atoms. The molecule has 5 rings (SSSR count). The standard InChI is InChI=1S/C22H21N5O2.ClH/c1-2-4-17(5-3-1)28-18-6-8-19(9-7-18)29-22-21-20(24-15-25-22)14-26-27(21)16-10-12-23-13-11-16;/h1-9,14-16,23H,10-13H2;1H. The lowest BCUT2D eigenvalue weighted by atomic mass is 10.1. The second kappa shape index (κ2) is 9.11. The van der Waals surface area contributed by atoms with Crippen LogP contribution < -0.4 is 14.8 Å². The van der Waals surface area contributed by atoms with Crippen LogP contribution in [0.4, 0.5) is 0 Å². The quantitative estimate of drug-likeness (QED) is 0.499. The highest BCUT2D eigenvalue weighted by molar-refractivity contribution is 5.85. The highest BCUT2D eigenvalue weighted by Crippen LogP contribution is 2.31. The van der Waals surface area contributed by atoms with Gasteiger partial charge in [0, 0.05) is 0 Å². The molecule has 0 aliphatic carbocycles. The zero-order valence-electron chi connectivity index (χ0n) is 16.3. The number of aromatic nitrogens is 4. The van der Waals surface area contributed by atoms with E-state index in [4.69, 9.17) is 9.47 Å². The minimum Gasteiger partial charge on any atom is -0.457 e. The van der Waals surface area contributed by atoms with Crippen LogP contribution in [0.1, 0.15) is 18.9 Å². The number of piperidine rings is 1. The van der Waals surface area contributed by atoms with Crippen molar-refractivity contribution in [3.05, 3.63) is 67.1 Å². The third-order valence-electron chi connectivity index (χ3n) is 5.02. The largest absolute Gasteiger partial charge is 0.457 e. The lowest BCUT2D eigenvalue weighted by Crippen LogP contribution is -2.29. The van der Waals surface area contributed by atoms with Crippen molar-refractivity contribution in [3.8, 4) is 23.1 Å². The van der Waals surface area contributed by atoms with E-state index in [0.717, 1.165) is 48.5 Å². The van der Waals surface area contributed by atoms with Crippen LogP contribution in [0, 0.1) is 0 Å². The van der Waals surface area contributed by atoms with Gasteiger partial charge in [0.25, 0.3) is 0 Å². The number of ether oxygens (including phenoxy) is 2. The van der Waals surface area contributed by atoms with Gasteiger partial charge >= 0.3 is 0 Å². The monoisotopic (exact) mass is 423 g/mol. The second-order valence-corrected chi connectivity index (χ2v) is 6.97. The van der Waals surface area contributed by atoms with E-state index in [9.17, 15) is 0 Å². The number of rotatable bonds is 5. The van der Waals surface area contributed by atoms with Gasteiger partial charge in [0.05, 0.1) is 12.2 Å². The zero-order chi connectivity index (χ0) is 19.5. The number of halogens is 1. The maximum Gasteiger partial charge on any atom is 0.248 e. The van der Waals surface area contributed by atoms with Crippen LogP contribution in [-0.2, 0) is 0 Å². The van der Waals surface area contributed by atoms with Crippen molar-refractivity contribution in [3.63, 3.8) is 0 Å². The molecule has 3 heterocycles. The summed E-state index contributed by atoms with van der Waals surface area (Å²) in [6, 6.07) is 17.5. The van der Waals surface area contributed by atoms with Gasteiger partial charge in [-0.05, 0) is 62.3 Å². The highest BCUT2D eigenvalue weighted by atomic mass is 35.5. The number of benzene rings is 2. The second-order valence-electron chi connectivity index (χ2n) is 6.97. The van der Waals surface area contributed by atoms with Crippen molar-refractivity contribution < 1.29 is 9.47 Å². The molecule has 2 aromatic heterocycles. The number of hydrogen-bond donors (Lipinski definition) is 1. The molecule has 0 unspecified atom stereocenters. The molecule has 0 atom stereocenters. The van der Waals surface area contributed by atoms with E-state index in [2.05, 4.69) is 20.4 Å². The fourth-order valence-electron chi connectivity index (χ4n) is 3.57. The van der Waals surface area contributed by atoms with Gasteiger partial charge in [0.1, 0.15) is 34.6 Å². The van der Waals surface area contributed by atoms with E-state index in [1.807, 2.05) is 59.3 Å². The van der Waals surface area contributed by atoms with Crippen molar-refractivity contribution in [1.29, 1.82) is 0 Å². The Morgan fingerprint density at radius 1 is 0.833 bits per heavy atom. The molecule has 0 saturated carbocycles. The smallest absolute Gasteiger partial charge is 0.248 e. The number of nitrogens with one attached hydrogen (secondary N) is 1. The fourth-order valence-corrected chi connectivity index (χ4v) is 3.57. The molecule has 154 valence electrons. The van der Waals surface area contributed by atoms with Gasteiger partial charge in [-0.3, -0.25) is 4.68 Å². The Kier molecular flexibility index (Phi) is 6.11. The summed E-state index contributed by atoms with van der Waals surface area (Å²) in [5.41, 5.74) is 1.63. The van der Waals surface area contributed by atoms with E-state index < -0.39 is 0 Å². The average molecular weight is 424 g/mol. The van der Waals surface area contributed by atoms with E-state index >= 15 is 0 Å². The molecular formula is C22H22ClN5O2. The molecule has 1 aliphatic heterocycles. The molecule has 0 spiro atoms. The third kappa shape index (κ3) is 4.22. The molecule has 0 radical (unpaired) electrons. The summed E-state index contributed by atoms with van der Waals surface area (Å²) >= 11 is 0. The van der Waals surface area contributed by atoms with Crippen LogP contribution in [0.2, 0.25) is 0 Å². The van der Waals surface area contributed by atoms with Gasteiger partial charge in [0.15, 0.2) is 0 Å². The summed E-state index contributed by atoms with van der Waals surface area (Å²) in [5, 5.41) is 7.95. The lowest BCUT2D eigenvalue weighted by molar-refractivity contribution is 0.348. The van der Waals surface area contributed by atoms with Crippen LogP contribution in [0.15, 0.2) is 67.1 Å². The number of para-hydroxylation sites is 1. The fraction of sp³-hybridized carbons (Fsp3) is 0.227. The molecule has 1 fully saturated rings. The first-order chi connectivity index (χ1) is 14.4. The van der Waals surface area contributed by atoms with E-state index in [1.165, 1.54) is 6.33 Å². The number of fused-ring (bicyclic) bond motifs is 1. The first-order valence-corrected chi connectivity index (χ1v) is 9.76. The summed E-state index contributed by atoms with van der Waals surface area (Å²) in [4.78, 5) is 8.73. The Morgan fingerprint density at radius 2 is 1.50 bits per heavy atom. The van der Waals surface area contributed by atoms with Crippen molar-refractivity contribution in [2.45, 2.75) is 18.9 Å². The van der Waals surface area contributed by atoms with Crippen LogP contribution in [-0.4, -0.2) is 32.8 Å². The van der Waals surface area contributed by atoms with Gasteiger partial charge in [0.2, 0.25) is 5.88 Å². The molecular weight excluding hydrogens is 402 g/mol. The summed E-state index contributed by atoms with van der Waals surface area (Å²) in [6.07, 6.45) is 5.34. The Bertz CT molecular complexity index is 1100. The summed E-state index contributed by atoms with van der Waals surface area (Å²) in [7, 11) is 0. The molecule has 1 saturated heterocycles. The SMILES string of the molecule is Cl.c1ccc(Oc2ccc(Oc3ncnc4cnn(C5CCNCC5)c34)cc2)cc1. The average Bonchev–Trinajstić information content (AvgIpc) is 3.22. The first kappa shape index (κ1) is 20.1. The maximum absolute atomic E-state index is 6.10. The number of hydrogen-bond acceptors (Lipinski definition) is 6. The molecule has 2 aromatic carbocycles. The predicted molar refractivity (Wildman–Crippen MR) is 117 cm³/mol. The Hall–Kier alpha value is -3.16. The molecule has 7 nitrogen and oxygen atoms in total. The van der Waals surface area contributed by atoms with Crippen molar-refractivity contribution in [2.75, 3.05) is 13.1 Å². The van der Waals surface area contributed by atoms with Gasteiger partial charge in [-0.15, -0.1) is 12.4 Å². The number of nitrogens with zero attached hydrogens (tertiary/aromatic N) is 4. The van der Waals surface area contributed by atoms with Crippen molar-refractivity contribution >= 4 is 23.4 Å². The van der Waals surface area contributed by atoms with Gasteiger partial charge in [-0.1, -0.05) is 18.2 Å². The summed E-state index contributed by atoms with van der Waals surface area (Å²) < 4.78 is 14.0. The lowest BCUT2D eigenvalue weighted by Gasteiger charge is -2.23. The van der Waals surface area contributed by atoms with Gasteiger partial charge in [-0.2, -0.15) is 10.1 Å². The predicted octanol–water partition coefficient (Wildman–Crippen LogP) is 4.76. The maximum atomic E-state index is 6.10. The molecule has 4 aromatic rings. The molecule has 8 heteroatoms. The molecule has 0 amide bonds. The highest BCUT2D eigenvalue weighted by Gasteiger charge is 2.21. The van der Waals surface area contributed by atoms with E-state index in [-0.39, 0.29) is 12.4 Å². The molecule has 1 N–H and O–H groups in total. The van der Waals surface area contributed by atoms with E-state index in [1.54, 1.807) is 6.20 Å². The minimum atomic E-state index is 0. The van der Waals surface area contributed by atoms with Crippen molar-refractivity contribution in [1.82, 2.24) is 25.1 Å².